The number of benzene rings is 1. The molecule has 12 heteroatoms. The molecule has 2 atom stereocenters. The molecule has 2 fully saturated rings. The first-order valence-corrected chi connectivity index (χ1v) is 14.2. The van der Waals surface area contributed by atoms with Gasteiger partial charge in [-0.15, -0.1) is 0 Å². The fourth-order valence-electron chi connectivity index (χ4n) is 5.03. The van der Waals surface area contributed by atoms with Gasteiger partial charge in [0.05, 0.1) is 25.5 Å². The first-order valence-electron chi connectivity index (χ1n) is 12.1. The molecule has 0 amide bonds. The zero-order valence-electron chi connectivity index (χ0n) is 21.1. The van der Waals surface area contributed by atoms with E-state index in [1.807, 2.05) is 18.2 Å². The zero-order chi connectivity index (χ0) is 26.4. The van der Waals surface area contributed by atoms with Crippen LogP contribution in [0.4, 0.5) is 27.7 Å². The number of pyridine rings is 1. The average molecular weight is 531 g/mol. The topological polar surface area (TPSA) is 121 Å². The van der Waals surface area contributed by atoms with Crippen LogP contribution in [-0.2, 0) is 9.84 Å². The third-order valence-electron chi connectivity index (χ3n) is 6.94. The van der Waals surface area contributed by atoms with E-state index >= 15 is 0 Å². The van der Waals surface area contributed by atoms with Crippen molar-refractivity contribution < 1.29 is 22.7 Å². The number of hydrogen-bond acceptors (Lipinski definition) is 10. The van der Waals surface area contributed by atoms with Crippen LogP contribution in [0.15, 0.2) is 36.7 Å². The molecule has 0 radical (unpaired) electrons. The van der Waals surface area contributed by atoms with Crippen LogP contribution in [0, 0.1) is 5.92 Å². The van der Waals surface area contributed by atoms with E-state index in [4.69, 9.17) is 4.74 Å². The summed E-state index contributed by atoms with van der Waals surface area (Å²) in [5.41, 5.74) is -0.758. The number of halogens is 1. The molecule has 2 aliphatic rings. The zero-order valence-corrected chi connectivity index (χ0v) is 21.9. The minimum absolute atomic E-state index is 0.00731. The van der Waals surface area contributed by atoms with Gasteiger partial charge in [0.25, 0.3) is 0 Å². The summed E-state index contributed by atoms with van der Waals surface area (Å²) >= 11 is 0. The van der Waals surface area contributed by atoms with E-state index in [1.165, 1.54) is 13.2 Å². The molecule has 0 saturated carbocycles. The summed E-state index contributed by atoms with van der Waals surface area (Å²) < 4.78 is 43.5. The number of alkyl halides is 1. The molecule has 5 rings (SSSR count). The van der Waals surface area contributed by atoms with Crippen LogP contribution in [0.2, 0.25) is 0 Å². The molecule has 10 nitrogen and oxygen atoms in total. The van der Waals surface area contributed by atoms with Gasteiger partial charge in [0.2, 0.25) is 5.95 Å². The summed E-state index contributed by atoms with van der Waals surface area (Å²) in [4.78, 5) is 17.3. The second-order valence-electron chi connectivity index (χ2n) is 10.1. The second-order valence-corrected chi connectivity index (χ2v) is 12.3. The number of methoxy groups -OCH3 is 1. The summed E-state index contributed by atoms with van der Waals surface area (Å²) in [7, 11) is -1.40. The van der Waals surface area contributed by atoms with Crippen molar-refractivity contribution in [1.29, 1.82) is 0 Å². The lowest BCUT2D eigenvalue weighted by Gasteiger charge is -2.41. The number of fused-ring (bicyclic) bond motifs is 1. The molecule has 0 unspecified atom stereocenters. The lowest BCUT2D eigenvalue weighted by molar-refractivity contribution is -0.00860. The number of anilines is 4. The number of nitrogens with one attached hydrogen (secondary N) is 1. The van der Waals surface area contributed by atoms with E-state index in [0.29, 0.717) is 49.4 Å². The summed E-state index contributed by atoms with van der Waals surface area (Å²) in [6.45, 7) is 3.19. The number of aromatic nitrogens is 3. The van der Waals surface area contributed by atoms with Crippen molar-refractivity contribution in [3.8, 4) is 5.75 Å². The lowest BCUT2D eigenvalue weighted by Crippen LogP contribution is -2.52. The number of nitrogens with zero attached hydrogens (tertiary/aromatic N) is 5. The fourth-order valence-corrected chi connectivity index (χ4v) is 6.10. The van der Waals surface area contributed by atoms with Crippen LogP contribution < -0.4 is 19.9 Å². The average Bonchev–Trinajstić information content (AvgIpc) is 2.82. The number of aliphatic hydroxyl groups is 1. The molecular formula is C25H31FN6O4S. The number of aliphatic hydroxyl groups excluding tert-OH is 1. The first kappa shape index (κ1) is 25.4. The van der Waals surface area contributed by atoms with E-state index in [0.717, 1.165) is 16.5 Å². The molecular weight excluding hydrogens is 499 g/mol. The van der Waals surface area contributed by atoms with Gasteiger partial charge in [-0.2, -0.15) is 4.98 Å². The molecule has 2 aliphatic heterocycles. The Balaban J connectivity index is 1.37. The summed E-state index contributed by atoms with van der Waals surface area (Å²) in [5.74, 6) is 2.43. The minimum Gasteiger partial charge on any atom is -0.496 e. The normalized spacial score (nSPS) is 22.7. The van der Waals surface area contributed by atoms with E-state index in [1.54, 1.807) is 30.5 Å². The Kier molecular flexibility index (Phi) is 6.57. The highest BCUT2D eigenvalue weighted by Crippen LogP contribution is 2.38. The predicted molar refractivity (Wildman–Crippen MR) is 141 cm³/mol. The van der Waals surface area contributed by atoms with Crippen LogP contribution in [0.3, 0.4) is 0 Å². The molecule has 0 aliphatic carbocycles. The number of hydrogen-bond donors (Lipinski definition) is 2. The lowest BCUT2D eigenvalue weighted by atomic mass is 9.94. The molecule has 1 aromatic carbocycles. The second kappa shape index (κ2) is 9.56. The quantitative estimate of drug-likeness (QED) is 0.471. The smallest absolute Gasteiger partial charge is 0.227 e. The van der Waals surface area contributed by atoms with Crippen molar-refractivity contribution in [3.63, 3.8) is 0 Å². The number of rotatable bonds is 7. The standard InChI is InChI=1S/C25H31FN6O4S/c1-25(26)15-31(9-7-21(25)33)24-27-8-6-22(30-24)29-23-10-17-18(11-28-23)19(4-5-20(17)36-2)32-12-16(13-32)14-37(3,34)35/h4-6,8,10-11,16,21,33H,7,9,12-15H2,1-3H3,(H,27,28,29,30)/t21-,25+/m1/s1. The molecule has 2 saturated heterocycles. The monoisotopic (exact) mass is 530 g/mol. The Morgan fingerprint density at radius 1 is 1.19 bits per heavy atom. The molecule has 37 heavy (non-hydrogen) atoms. The Hall–Kier alpha value is -3.25. The molecule has 0 bridgehead atoms. The van der Waals surface area contributed by atoms with Gasteiger partial charge in [-0.25, -0.2) is 22.8 Å². The van der Waals surface area contributed by atoms with Crippen LogP contribution in [0.1, 0.15) is 13.3 Å². The van der Waals surface area contributed by atoms with Crippen molar-refractivity contribution in [2.75, 3.05) is 60.4 Å². The van der Waals surface area contributed by atoms with Gasteiger partial charge in [-0.05, 0) is 37.6 Å². The van der Waals surface area contributed by atoms with Crippen molar-refractivity contribution in [1.82, 2.24) is 15.0 Å². The molecule has 2 N–H and O–H groups in total. The van der Waals surface area contributed by atoms with E-state index in [9.17, 15) is 17.9 Å². The predicted octanol–water partition coefficient (Wildman–Crippen LogP) is 2.56. The summed E-state index contributed by atoms with van der Waals surface area (Å²) in [6, 6.07) is 7.45. The Morgan fingerprint density at radius 2 is 1.97 bits per heavy atom. The maximum absolute atomic E-state index is 14.7. The van der Waals surface area contributed by atoms with Gasteiger partial charge < -0.3 is 25.0 Å². The van der Waals surface area contributed by atoms with Gasteiger partial charge in [0.1, 0.15) is 27.2 Å². The maximum Gasteiger partial charge on any atom is 0.227 e. The van der Waals surface area contributed by atoms with Crippen LogP contribution >= 0.6 is 0 Å². The number of ether oxygens (including phenoxy) is 1. The van der Waals surface area contributed by atoms with Gasteiger partial charge in [0.15, 0.2) is 5.67 Å². The van der Waals surface area contributed by atoms with Gasteiger partial charge in [0, 0.05) is 60.7 Å². The summed E-state index contributed by atoms with van der Waals surface area (Å²) in [6.07, 6.45) is 3.93. The molecule has 0 spiro atoms. The van der Waals surface area contributed by atoms with Crippen molar-refractivity contribution in [2.45, 2.75) is 25.1 Å². The van der Waals surface area contributed by atoms with Crippen LogP contribution in [0.25, 0.3) is 10.8 Å². The first-order chi connectivity index (χ1) is 17.5. The van der Waals surface area contributed by atoms with E-state index < -0.39 is 21.6 Å². The number of piperidine rings is 1. The Morgan fingerprint density at radius 3 is 2.68 bits per heavy atom. The Bertz CT molecular complexity index is 1410. The fraction of sp³-hybridized carbons (Fsp3) is 0.480. The van der Waals surface area contributed by atoms with Crippen molar-refractivity contribution in [2.24, 2.45) is 5.92 Å². The molecule has 198 valence electrons. The molecule has 4 heterocycles. The highest BCUT2D eigenvalue weighted by atomic mass is 32.2. The van der Waals surface area contributed by atoms with Crippen LogP contribution in [0.5, 0.6) is 5.75 Å². The number of sulfone groups is 1. The van der Waals surface area contributed by atoms with Crippen molar-refractivity contribution >= 4 is 43.9 Å². The molecule has 3 aromatic rings. The Labute approximate surface area is 215 Å². The largest absolute Gasteiger partial charge is 0.496 e. The van der Waals surface area contributed by atoms with E-state index in [-0.39, 0.29) is 18.2 Å². The van der Waals surface area contributed by atoms with E-state index in [2.05, 4.69) is 25.2 Å². The van der Waals surface area contributed by atoms with Crippen molar-refractivity contribution in [3.05, 3.63) is 36.7 Å². The van der Waals surface area contributed by atoms with Gasteiger partial charge >= 0.3 is 0 Å². The summed E-state index contributed by atoms with van der Waals surface area (Å²) in [5, 5.41) is 14.9. The molecule has 2 aromatic heterocycles. The third kappa shape index (κ3) is 5.40. The van der Waals surface area contributed by atoms with Gasteiger partial charge in [-0.1, -0.05) is 0 Å². The maximum atomic E-state index is 14.7. The third-order valence-corrected chi connectivity index (χ3v) is 8.02. The SMILES string of the molecule is COc1ccc(N2CC(CS(C)(=O)=O)C2)c2cnc(Nc3ccnc(N4CC[C@@H](O)[C@@](C)(F)C4)n3)cc12. The minimum atomic E-state index is -3.01. The van der Waals surface area contributed by atoms with Crippen LogP contribution in [-0.4, -0.2) is 85.5 Å². The highest BCUT2D eigenvalue weighted by molar-refractivity contribution is 7.90. The highest BCUT2D eigenvalue weighted by Gasteiger charge is 2.39. The van der Waals surface area contributed by atoms with Gasteiger partial charge in [-0.3, -0.25) is 0 Å².